The normalized spacial score (nSPS) is 16.0. The van der Waals surface area contributed by atoms with Crippen LogP contribution in [0.1, 0.15) is 95.8 Å². The van der Waals surface area contributed by atoms with Crippen molar-refractivity contribution in [3.63, 3.8) is 0 Å². The third kappa shape index (κ3) is 7.29. The first-order valence-corrected chi connectivity index (χ1v) is 24.3. The molecule has 2 unspecified atom stereocenters. The SMILES string of the molecule is C=C(C1C(CCC(C)=CC)c2ccccc2-c2cc(CC(C)C)c([Si](C)(C)C)c[n+]21)n1c(C)[n+](-c2ccc(C(C)(C)C)cc2-c2ccccc2)c2ccccc21. The minimum atomic E-state index is -1.73. The third-order valence-electron chi connectivity index (χ3n) is 12.1. The molecular formula is C52H63N3Si+2. The standard InChI is InChI=1S/C52H63N3Si/c1-13-36(4)27-29-44-42-23-17-18-24-43(42)49-32-40(31-35(2)3)50(56(10,11)12)34-53(49)51(44)37(5)54-38(6)55(48-26-20-19-25-47(48)54)46-30-28-41(52(7,8)9)33-45(46)39-21-15-14-16-22-39/h13-26,28,30,32-35,44,51H,5,27,29,31H2,1-4,6-12H3/q+2. The summed E-state index contributed by atoms with van der Waals surface area (Å²) in [5.41, 5.74) is 15.5. The summed E-state index contributed by atoms with van der Waals surface area (Å²) in [5.74, 6) is 1.98. The van der Waals surface area contributed by atoms with E-state index in [1.165, 1.54) is 61.4 Å². The van der Waals surface area contributed by atoms with Gasteiger partial charge in [-0.05, 0) is 104 Å². The van der Waals surface area contributed by atoms with E-state index in [1.54, 1.807) is 5.19 Å². The summed E-state index contributed by atoms with van der Waals surface area (Å²) in [7, 11) is -1.73. The molecule has 3 heterocycles. The molecule has 288 valence electrons. The smallest absolute Gasteiger partial charge is 0.192 e. The fourth-order valence-electron chi connectivity index (χ4n) is 9.13. The molecular weight excluding hydrogens is 695 g/mol. The predicted molar refractivity (Wildman–Crippen MR) is 242 cm³/mol. The van der Waals surface area contributed by atoms with Crippen LogP contribution in [0, 0.1) is 12.8 Å². The Hall–Kier alpha value is -4.80. The first-order chi connectivity index (χ1) is 26.6. The molecule has 2 aromatic heterocycles. The van der Waals surface area contributed by atoms with Crippen LogP contribution in [0.15, 0.2) is 128 Å². The lowest BCUT2D eigenvalue weighted by Gasteiger charge is -2.32. The number of aromatic nitrogens is 3. The first kappa shape index (κ1) is 39.4. The molecule has 1 aliphatic heterocycles. The molecule has 7 rings (SSSR count). The van der Waals surface area contributed by atoms with Crippen molar-refractivity contribution in [3.05, 3.63) is 150 Å². The van der Waals surface area contributed by atoms with Crippen LogP contribution < -0.4 is 14.3 Å². The van der Waals surface area contributed by atoms with Crippen molar-refractivity contribution in [3.8, 4) is 28.1 Å². The molecule has 0 saturated carbocycles. The third-order valence-corrected chi connectivity index (χ3v) is 14.2. The van der Waals surface area contributed by atoms with Crippen molar-refractivity contribution in [1.29, 1.82) is 0 Å². The summed E-state index contributed by atoms with van der Waals surface area (Å²) >= 11 is 0. The second kappa shape index (κ2) is 15.3. The van der Waals surface area contributed by atoms with E-state index in [0.29, 0.717) is 5.92 Å². The average molecular weight is 758 g/mol. The van der Waals surface area contributed by atoms with Gasteiger partial charge in [-0.3, -0.25) is 0 Å². The number of hydrogen-bond acceptors (Lipinski definition) is 0. The van der Waals surface area contributed by atoms with Crippen LogP contribution in [0.4, 0.5) is 0 Å². The summed E-state index contributed by atoms with van der Waals surface area (Å²) in [4.78, 5) is 0. The molecule has 4 heteroatoms. The molecule has 0 aliphatic carbocycles. The van der Waals surface area contributed by atoms with Gasteiger partial charge in [0.05, 0.1) is 14.0 Å². The molecule has 4 aromatic carbocycles. The number of fused-ring (bicyclic) bond motifs is 4. The van der Waals surface area contributed by atoms with Gasteiger partial charge in [0.2, 0.25) is 11.7 Å². The summed E-state index contributed by atoms with van der Waals surface area (Å²) in [5, 5.41) is 1.56. The molecule has 0 fully saturated rings. The van der Waals surface area contributed by atoms with Crippen molar-refractivity contribution in [2.75, 3.05) is 0 Å². The Kier molecular flexibility index (Phi) is 10.8. The number of rotatable bonds is 10. The lowest BCUT2D eigenvalue weighted by Crippen LogP contribution is -2.54. The minimum Gasteiger partial charge on any atom is -0.192 e. The van der Waals surface area contributed by atoms with Gasteiger partial charge in [0, 0.05) is 29.3 Å². The van der Waals surface area contributed by atoms with Crippen molar-refractivity contribution in [2.24, 2.45) is 5.92 Å². The summed E-state index contributed by atoms with van der Waals surface area (Å²) in [6, 6.07) is 38.7. The molecule has 0 amide bonds. The van der Waals surface area contributed by atoms with Gasteiger partial charge in [-0.1, -0.05) is 133 Å². The van der Waals surface area contributed by atoms with Crippen LogP contribution >= 0.6 is 0 Å². The van der Waals surface area contributed by atoms with E-state index < -0.39 is 8.07 Å². The average Bonchev–Trinajstić information content (AvgIpc) is 3.46. The molecule has 1 aliphatic rings. The predicted octanol–water partition coefficient (Wildman–Crippen LogP) is 12.4. The lowest BCUT2D eigenvalue weighted by atomic mass is 9.78. The second-order valence-corrected chi connectivity index (χ2v) is 23.7. The van der Waals surface area contributed by atoms with Gasteiger partial charge < -0.3 is 0 Å². The van der Waals surface area contributed by atoms with E-state index in [1.807, 2.05) is 0 Å². The molecule has 0 N–H and O–H groups in total. The Labute approximate surface area is 338 Å². The maximum Gasteiger partial charge on any atom is 0.264 e. The number of imidazole rings is 1. The van der Waals surface area contributed by atoms with E-state index >= 15 is 0 Å². The van der Waals surface area contributed by atoms with E-state index in [-0.39, 0.29) is 17.4 Å². The van der Waals surface area contributed by atoms with Gasteiger partial charge >= 0.3 is 0 Å². The van der Waals surface area contributed by atoms with E-state index in [9.17, 15) is 0 Å². The first-order valence-electron chi connectivity index (χ1n) is 20.8. The molecule has 0 bridgehead atoms. The zero-order valence-electron chi connectivity index (χ0n) is 35.9. The van der Waals surface area contributed by atoms with Gasteiger partial charge in [-0.25, -0.2) is 0 Å². The van der Waals surface area contributed by atoms with Crippen LogP contribution in [0.3, 0.4) is 0 Å². The van der Waals surface area contributed by atoms with Gasteiger partial charge in [-0.2, -0.15) is 13.7 Å². The topological polar surface area (TPSA) is 12.7 Å². The minimum absolute atomic E-state index is 0.0209. The van der Waals surface area contributed by atoms with Crippen LogP contribution in [-0.4, -0.2) is 12.6 Å². The van der Waals surface area contributed by atoms with Crippen LogP contribution in [-0.2, 0) is 11.8 Å². The van der Waals surface area contributed by atoms with Crippen molar-refractivity contribution < 1.29 is 9.13 Å². The fourth-order valence-corrected chi connectivity index (χ4v) is 10.8. The summed E-state index contributed by atoms with van der Waals surface area (Å²) in [6.07, 6.45) is 8.04. The molecule has 2 atom stereocenters. The quantitative estimate of drug-likeness (QED) is 0.0750. The van der Waals surface area contributed by atoms with E-state index in [0.717, 1.165) is 30.8 Å². The highest BCUT2D eigenvalue weighted by Crippen LogP contribution is 2.46. The van der Waals surface area contributed by atoms with Crippen LogP contribution in [0.2, 0.25) is 19.6 Å². The Morgan fingerprint density at radius 1 is 0.875 bits per heavy atom. The zero-order valence-corrected chi connectivity index (χ0v) is 36.9. The van der Waals surface area contributed by atoms with Gasteiger partial charge in [0.25, 0.3) is 5.82 Å². The van der Waals surface area contributed by atoms with Crippen molar-refractivity contribution in [2.45, 2.75) is 112 Å². The number of allylic oxidation sites excluding steroid dienone is 3. The van der Waals surface area contributed by atoms with Gasteiger partial charge in [0.15, 0.2) is 22.9 Å². The van der Waals surface area contributed by atoms with Crippen molar-refractivity contribution >= 4 is 30.0 Å². The Bertz CT molecular complexity index is 2450. The highest BCUT2D eigenvalue weighted by molar-refractivity contribution is 6.89. The Morgan fingerprint density at radius 2 is 1.55 bits per heavy atom. The maximum absolute atomic E-state index is 5.15. The summed E-state index contributed by atoms with van der Waals surface area (Å²) < 4.78 is 7.63. The number of nitrogens with zero attached hydrogens (tertiary/aromatic N) is 3. The number of hydrogen-bond donors (Lipinski definition) is 0. The summed E-state index contributed by atoms with van der Waals surface area (Å²) in [6.45, 7) is 31.0. The molecule has 0 spiro atoms. The zero-order chi connectivity index (χ0) is 40.1. The van der Waals surface area contributed by atoms with Crippen LogP contribution in [0.25, 0.3) is 44.8 Å². The van der Waals surface area contributed by atoms with Gasteiger partial charge in [0.1, 0.15) is 5.69 Å². The Morgan fingerprint density at radius 3 is 2.23 bits per heavy atom. The van der Waals surface area contributed by atoms with Gasteiger partial charge in [-0.15, -0.1) is 0 Å². The van der Waals surface area contributed by atoms with E-state index in [4.69, 9.17) is 6.58 Å². The van der Waals surface area contributed by atoms with Crippen molar-refractivity contribution in [1.82, 2.24) is 4.57 Å². The van der Waals surface area contributed by atoms with Crippen LogP contribution in [0.5, 0.6) is 0 Å². The monoisotopic (exact) mass is 757 g/mol. The fraction of sp³-hybridized carbons (Fsp3) is 0.346. The molecule has 0 radical (unpaired) electrons. The largest absolute Gasteiger partial charge is 0.264 e. The van der Waals surface area contributed by atoms with E-state index in [2.05, 4.69) is 204 Å². The molecule has 56 heavy (non-hydrogen) atoms. The maximum atomic E-state index is 5.15. The lowest BCUT2D eigenvalue weighted by molar-refractivity contribution is -0.704. The number of para-hydroxylation sites is 2. The molecule has 3 nitrogen and oxygen atoms in total. The highest BCUT2D eigenvalue weighted by atomic mass is 28.3. The highest BCUT2D eigenvalue weighted by Gasteiger charge is 2.46. The number of benzene rings is 4. The molecule has 6 aromatic rings. The second-order valence-electron chi connectivity index (χ2n) is 18.7. The molecule has 0 saturated heterocycles. The number of pyridine rings is 1. The Balaban J connectivity index is 1.51.